The van der Waals surface area contributed by atoms with Crippen LogP contribution in [-0.4, -0.2) is 17.8 Å². The van der Waals surface area contributed by atoms with Crippen LogP contribution in [0.5, 0.6) is 0 Å². The van der Waals surface area contributed by atoms with E-state index in [2.05, 4.69) is 35.4 Å². The van der Waals surface area contributed by atoms with Crippen molar-refractivity contribution < 1.29 is 9.30 Å². The molecule has 0 unspecified atom stereocenters. The minimum atomic E-state index is 0.833. The summed E-state index contributed by atoms with van der Waals surface area (Å²) in [5, 5.41) is 0. The third kappa shape index (κ3) is 3.63. The fraction of sp³-hybridized carbons (Fsp3) is 0.769. The molecule has 0 aromatic carbocycles. The van der Waals surface area contributed by atoms with Gasteiger partial charge < -0.3 is 4.74 Å². The minimum Gasteiger partial charge on any atom is -0.382 e. The summed E-state index contributed by atoms with van der Waals surface area (Å²) >= 11 is 0. The first-order valence-electron chi connectivity index (χ1n) is 6.48. The highest BCUT2D eigenvalue weighted by molar-refractivity contribution is 4.82. The van der Waals surface area contributed by atoms with E-state index in [0.29, 0.717) is 0 Å². The topological polar surface area (TPSA) is 18.0 Å². The third-order valence-corrected chi connectivity index (χ3v) is 2.89. The molecule has 0 aliphatic carbocycles. The monoisotopic (exact) mass is 225 g/mol. The number of ether oxygens (including phenoxy) is 1. The average molecular weight is 225 g/mol. The number of nitrogens with zero attached hydrogens (tertiary/aromatic N) is 2. The molecule has 0 fully saturated rings. The SMILES string of the molecule is CCOCCCC[n+]1ccn(CC)c1CC. The van der Waals surface area contributed by atoms with Crippen LogP contribution < -0.4 is 4.57 Å². The van der Waals surface area contributed by atoms with Gasteiger partial charge in [-0.2, -0.15) is 0 Å². The van der Waals surface area contributed by atoms with Gasteiger partial charge in [0, 0.05) is 19.6 Å². The molecule has 0 saturated carbocycles. The molecule has 0 spiro atoms. The lowest BCUT2D eigenvalue weighted by Crippen LogP contribution is -2.37. The normalized spacial score (nSPS) is 10.9. The molecule has 1 aromatic heterocycles. The molecule has 0 aliphatic heterocycles. The highest BCUT2D eigenvalue weighted by atomic mass is 16.5. The lowest BCUT2D eigenvalue weighted by Gasteiger charge is -2.02. The quantitative estimate of drug-likeness (QED) is 0.490. The maximum absolute atomic E-state index is 5.34. The lowest BCUT2D eigenvalue weighted by atomic mass is 10.3. The van der Waals surface area contributed by atoms with E-state index in [4.69, 9.17) is 4.74 Å². The van der Waals surface area contributed by atoms with Crippen LogP contribution in [0.4, 0.5) is 0 Å². The van der Waals surface area contributed by atoms with Gasteiger partial charge in [-0.05, 0) is 26.7 Å². The molecule has 0 bridgehead atoms. The van der Waals surface area contributed by atoms with Crippen molar-refractivity contribution in [3.05, 3.63) is 18.2 Å². The van der Waals surface area contributed by atoms with Crippen LogP contribution in [0, 0.1) is 0 Å². The lowest BCUT2D eigenvalue weighted by molar-refractivity contribution is -0.704. The highest BCUT2D eigenvalue weighted by Gasteiger charge is 2.12. The Balaban J connectivity index is 2.38. The molecular weight excluding hydrogens is 200 g/mol. The summed E-state index contributed by atoms with van der Waals surface area (Å²) in [5.41, 5.74) is 0. The Labute approximate surface area is 99.0 Å². The molecule has 0 N–H and O–H groups in total. The summed E-state index contributed by atoms with van der Waals surface area (Å²) < 4.78 is 10.0. The number of aromatic nitrogens is 2. The standard InChI is InChI=1S/C13H25N2O/c1-4-13-14(5-2)10-11-15(13)9-7-8-12-16-6-3/h10-11H,4-9,12H2,1-3H3/q+1. The van der Waals surface area contributed by atoms with Gasteiger partial charge in [0.15, 0.2) is 0 Å². The molecule has 0 aliphatic rings. The molecule has 16 heavy (non-hydrogen) atoms. The van der Waals surface area contributed by atoms with E-state index in [1.54, 1.807) is 0 Å². The second-order valence-corrected chi connectivity index (χ2v) is 3.95. The van der Waals surface area contributed by atoms with E-state index in [-0.39, 0.29) is 0 Å². The van der Waals surface area contributed by atoms with Crippen LogP contribution in [0.2, 0.25) is 0 Å². The maximum atomic E-state index is 5.34. The zero-order chi connectivity index (χ0) is 11.8. The van der Waals surface area contributed by atoms with E-state index >= 15 is 0 Å². The summed E-state index contributed by atoms with van der Waals surface area (Å²) in [7, 11) is 0. The summed E-state index contributed by atoms with van der Waals surface area (Å²) in [6, 6.07) is 0. The van der Waals surface area contributed by atoms with Crippen molar-refractivity contribution in [2.24, 2.45) is 0 Å². The Hall–Kier alpha value is -0.830. The zero-order valence-corrected chi connectivity index (χ0v) is 10.9. The average Bonchev–Trinajstić information content (AvgIpc) is 2.71. The predicted octanol–water partition coefficient (Wildman–Crippen LogP) is 2.17. The largest absolute Gasteiger partial charge is 0.382 e. The van der Waals surface area contributed by atoms with Crippen molar-refractivity contribution in [3.8, 4) is 0 Å². The zero-order valence-electron chi connectivity index (χ0n) is 10.9. The van der Waals surface area contributed by atoms with Crippen LogP contribution in [0.3, 0.4) is 0 Å². The van der Waals surface area contributed by atoms with Gasteiger partial charge in [-0.15, -0.1) is 0 Å². The Bertz CT molecular complexity index is 294. The first-order chi connectivity index (χ1) is 7.83. The molecule has 0 saturated heterocycles. The van der Waals surface area contributed by atoms with Crippen LogP contribution in [0.1, 0.15) is 39.4 Å². The van der Waals surface area contributed by atoms with Gasteiger partial charge in [0.05, 0.1) is 13.1 Å². The number of imidazole rings is 1. The van der Waals surface area contributed by atoms with Gasteiger partial charge >= 0.3 is 0 Å². The van der Waals surface area contributed by atoms with Crippen LogP contribution >= 0.6 is 0 Å². The summed E-state index contributed by atoms with van der Waals surface area (Å²) in [5.74, 6) is 1.43. The van der Waals surface area contributed by atoms with Crippen molar-refractivity contribution in [1.82, 2.24) is 4.57 Å². The first-order valence-corrected chi connectivity index (χ1v) is 6.48. The molecule has 92 valence electrons. The molecule has 0 atom stereocenters. The van der Waals surface area contributed by atoms with Gasteiger partial charge in [-0.1, -0.05) is 6.92 Å². The molecule has 3 nitrogen and oxygen atoms in total. The minimum absolute atomic E-state index is 0.833. The number of rotatable bonds is 8. The van der Waals surface area contributed by atoms with Crippen LogP contribution in [0.15, 0.2) is 12.4 Å². The molecule has 1 aromatic rings. The van der Waals surface area contributed by atoms with E-state index in [1.165, 1.54) is 12.2 Å². The highest BCUT2D eigenvalue weighted by Crippen LogP contribution is 1.98. The third-order valence-electron chi connectivity index (χ3n) is 2.89. The second-order valence-electron chi connectivity index (χ2n) is 3.95. The Morgan fingerprint density at radius 2 is 2.06 bits per heavy atom. The van der Waals surface area contributed by atoms with Crippen molar-refractivity contribution in [2.45, 2.75) is 53.1 Å². The molecule has 1 heterocycles. The summed E-state index contributed by atoms with van der Waals surface area (Å²) in [6.45, 7) is 10.4. The van der Waals surface area contributed by atoms with Gasteiger partial charge in [0.25, 0.3) is 5.82 Å². The van der Waals surface area contributed by atoms with Gasteiger partial charge in [0.1, 0.15) is 12.4 Å². The van der Waals surface area contributed by atoms with Gasteiger partial charge in [-0.25, -0.2) is 9.13 Å². The number of hydrogen-bond donors (Lipinski definition) is 0. The van der Waals surface area contributed by atoms with Crippen molar-refractivity contribution >= 4 is 0 Å². The number of unbranched alkanes of at least 4 members (excludes halogenated alkanes) is 1. The predicted molar refractivity (Wildman–Crippen MR) is 65.4 cm³/mol. The first kappa shape index (κ1) is 13.2. The molecule has 0 amide bonds. The number of aryl methyl sites for hydroxylation is 2. The van der Waals surface area contributed by atoms with Crippen molar-refractivity contribution in [3.63, 3.8) is 0 Å². The van der Waals surface area contributed by atoms with Gasteiger partial charge in [0.2, 0.25) is 0 Å². The van der Waals surface area contributed by atoms with Crippen LogP contribution in [0.25, 0.3) is 0 Å². The summed E-state index contributed by atoms with van der Waals surface area (Å²) in [4.78, 5) is 0. The van der Waals surface area contributed by atoms with Crippen molar-refractivity contribution in [1.29, 1.82) is 0 Å². The molecule has 1 rings (SSSR count). The molecule has 3 heteroatoms. The summed E-state index contributed by atoms with van der Waals surface area (Å²) in [6.07, 6.45) is 7.84. The van der Waals surface area contributed by atoms with E-state index < -0.39 is 0 Å². The van der Waals surface area contributed by atoms with E-state index in [9.17, 15) is 0 Å². The van der Waals surface area contributed by atoms with E-state index in [1.807, 2.05) is 6.92 Å². The van der Waals surface area contributed by atoms with Crippen LogP contribution in [-0.2, 0) is 24.2 Å². The van der Waals surface area contributed by atoms with E-state index in [0.717, 1.165) is 39.1 Å². The maximum Gasteiger partial charge on any atom is 0.256 e. The van der Waals surface area contributed by atoms with Gasteiger partial charge in [-0.3, -0.25) is 0 Å². The fourth-order valence-corrected chi connectivity index (χ4v) is 2.03. The van der Waals surface area contributed by atoms with Crippen molar-refractivity contribution in [2.75, 3.05) is 13.2 Å². The number of hydrogen-bond acceptors (Lipinski definition) is 1. The smallest absolute Gasteiger partial charge is 0.256 e. The Morgan fingerprint density at radius 3 is 2.69 bits per heavy atom. The fourth-order valence-electron chi connectivity index (χ4n) is 2.03. The molecular formula is C13H25N2O+. The Kier molecular flexibility index (Phi) is 6.16. The second kappa shape index (κ2) is 7.44. The Morgan fingerprint density at radius 1 is 1.25 bits per heavy atom. The molecule has 0 radical (unpaired) electrons.